The van der Waals surface area contributed by atoms with E-state index in [9.17, 15) is 4.79 Å². The smallest absolute Gasteiger partial charge is 0.225 e. The molecule has 5 rings (SSSR count). The third-order valence-corrected chi connectivity index (χ3v) is 8.10. The third kappa shape index (κ3) is 4.60. The summed E-state index contributed by atoms with van der Waals surface area (Å²) in [6, 6.07) is 7.83. The van der Waals surface area contributed by atoms with Crippen LogP contribution in [0.4, 0.5) is 0 Å². The number of likely N-dealkylation sites (tertiary alicyclic amines) is 2. The number of hydrogen-bond acceptors (Lipinski definition) is 3. The normalized spacial score (nSPS) is 26.3. The van der Waals surface area contributed by atoms with Crippen molar-refractivity contribution < 1.29 is 4.79 Å². The Morgan fingerprint density at radius 2 is 1.70 bits per heavy atom. The molecular weight excluding hydrogens is 370 g/mol. The molecule has 2 saturated heterocycles. The van der Waals surface area contributed by atoms with E-state index < -0.39 is 0 Å². The number of benzene rings is 1. The standard InChI is InChI=1S/C26H39N3O/c30-26(22-7-2-1-3-8-22)29-16-12-23-17-21(10-11-24(23)19-29)18-28-15-6-9-25(28)20-27-13-4-5-14-27/h10-11,17,22,25H,1-9,12-16,18-20H2/t25-/m0/s1. The van der Waals surface area contributed by atoms with E-state index in [1.54, 1.807) is 0 Å². The molecule has 1 saturated carbocycles. The summed E-state index contributed by atoms with van der Waals surface area (Å²) in [5.41, 5.74) is 4.33. The summed E-state index contributed by atoms with van der Waals surface area (Å²) in [7, 11) is 0. The minimum absolute atomic E-state index is 0.294. The molecule has 3 fully saturated rings. The Hall–Kier alpha value is -1.39. The number of amides is 1. The van der Waals surface area contributed by atoms with Crippen LogP contribution in [0, 0.1) is 5.92 Å². The van der Waals surface area contributed by atoms with Crippen LogP contribution in [-0.2, 0) is 24.3 Å². The summed E-state index contributed by atoms with van der Waals surface area (Å²) < 4.78 is 0. The highest BCUT2D eigenvalue weighted by atomic mass is 16.2. The zero-order valence-electron chi connectivity index (χ0n) is 18.7. The number of rotatable bonds is 5. The molecule has 1 atom stereocenters. The van der Waals surface area contributed by atoms with Crippen molar-refractivity contribution >= 4 is 5.91 Å². The van der Waals surface area contributed by atoms with Crippen LogP contribution in [0.5, 0.6) is 0 Å². The minimum Gasteiger partial charge on any atom is -0.338 e. The SMILES string of the molecule is O=C(C1CCCCC1)N1CCc2cc(CN3CCC[C@H]3CN3CCCC3)ccc2C1. The Labute approximate surface area is 182 Å². The number of nitrogens with zero attached hydrogens (tertiary/aromatic N) is 3. The Bertz CT molecular complexity index is 736. The van der Waals surface area contributed by atoms with Gasteiger partial charge in [0.15, 0.2) is 0 Å². The van der Waals surface area contributed by atoms with Gasteiger partial charge in [-0.1, -0.05) is 37.5 Å². The average molecular weight is 410 g/mol. The van der Waals surface area contributed by atoms with Gasteiger partial charge in [0.2, 0.25) is 5.91 Å². The van der Waals surface area contributed by atoms with Gasteiger partial charge in [-0.25, -0.2) is 0 Å². The van der Waals surface area contributed by atoms with Gasteiger partial charge in [-0.15, -0.1) is 0 Å². The predicted molar refractivity (Wildman–Crippen MR) is 121 cm³/mol. The van der Waals surface area contributed by atoms with Crippen LogP contribution in [0.25, 0.3) is 0 Å². The first-order valence-electron chi connectivity index (χ1n) is 12.6. The van der Waals surface area contributed by atoms with Gasteiger partial charge in [-0.05, 0) is 81.3 Å². The summed E-state index contributed by atoms with van der Waals surface area (Å²) in [5, 5.41) is 0. The van der Waals surface area contributed by atoms with Gasteiger partial charge in [-0.2, -0.15) is 0 Å². The Morgan fingerprint density at radius 1 is 0.867 bits per heavy atom. The molecule has 1 aliphatic carbocycles. The van der Waals surface area contributed by atoms with Gasteiger partial charge in [0.25, 0.3) is 0 Å². The average Bonchev–Trinajstić information content (AvgIpc) is 3.46. The highest BCUT2D eigenvalue weighted by Gasteiger charge is 2.30. The molecule has 30 heavy (non-hydrogen) atoms. The topological polar surface area (TPSA) is 26.8 Å². The van der Waals surface area contributed by atoms with E-state index in [1.165, 1.54) is 87.8 Å². The van der Waals surface area contributed by atoms with Gasteiger partial charge >= 0.3 is 0 Å². The molecule has 1 aromatic rings. The molecule has 164 valence electrons. The van der Waals surface area contributed by atoms with E-state index in [-0.39, 0.29) is 0 Å². The molecule has 0 unspecified atom stereocenters. The van der Waals surface area contributed by atoms with Gasteiger partial charge in [0.1, 0.15) is 0 Å². The van der Waals surface area contributed by atoms with E-state index in [0.717, 1.165) is 44.9 Å². The molecule has 0 bridgehead atoms. The summed E-state index contributed by atoms with van der Waals surface area (Å²) >= 11 is 0. The molecule has 0 N–H and O–H groups in total. The van der Waals surface area contributed by atoms with Crippen molar-refractivity contribution in [1.82, 2.24) is 14.7 Å². The van der Waals surface area contributed by atoms with E-state index in [0.29, 0.717) is 11.8 Å². The van der Waals surface area contributed by atoms with Crippen LogP contribution in [0.1, 0.15) is 74.5 Å². The number of carbonyl (C=O) groups excluding carboxylic acids is 1. The fourth-order valence-corrected chi connectivity index (χ4v) is 6.31. The molecule has 4 nitrogen and oxygen atoms in total. The maximum absolute atomic E-state index is 13.0. The number of hydrogen-bond donors (Lipinski definition) is 0. The highest BCUT2D eigenvalue weighted by molar-refractivity contribution is 5.79. The molecule has 1 aromatic carbocycles. The summed E-state index contributed by atoms with van der Waals surface area (Å²) in [4.78, 5) is 20.5. The lowest BCUT2D eigenvalue weighted by Gasteiger charge is -2.33. The fourth-order valence-electron chi connectivity index (χ4n) is 6.31. The fraction of sp³-hybridized carbons (Fsp3) is 0.731. The van der Waals surface area contributed by atoms with Crippen LogP contribution in [0.2, 0.25) is 0 Å². The lowest BCUT2D eigenvalue weighted by Crippen LogP contribution is -2.40. The van der Waals surface area contributed by atoms with Crippen molar-refractivity contribution in [2.75, 3.05) is 32.7 Å². The van der Waals surface area contributed by atoms with Crippen LogP contribution in [0.15, 0.2) is 18.2 Å². The molecule has 3 heterocycles. The second kappa shape index (κ2) is 9.40. The molecule has 0 radical (unpaired) electrons. The Morgan fingerprint density at radius 3 is 2.53 bits per heavy atom. The van der Waals surface area contributed by atoms with E-state index >= 15 is 0 Å². The van der Waals surface area contributed by atoms with E-state index in [2.05, 4.69) is 32.9 Å². The lowest BCUT2D eigenvalue weighted by molar-refractivity contribution is -0.137. The summed E-state index contributed by atoms with van der Waals surface area (Å²) in [6.07, 6.45) is 12.5. The molecular formula is C26H39N3O. The van der Waals surface area contributed by atoms with Gasteiger partial charge in [0.05, 0.1) is 0 Å². The maximum Gasteiger partial charge on any atom is 0.225 e. The predicted octanol–water partition coefficient (Wildman–Crippen LogP) is 4.21. The Kier molecular flexibility index (Phi) is 6.42. The van der Waals surface area contributed by atoms with Crippen LogP contribution in [0.3, 0.4) is 0 Å². The Balaban J connectivity index is 1.19. The van der Waals surface area contributed by atoms with Crippen molar-refractivity contribution in [3.63, 3.8) is 0 Å². The molecule has 0 aromatic heterocycles. The van der Waals surface area contributed by atoms with Gasteiger partial charge in [0, 0.05) is 38.1 Å². The quantitative estimate of drug-likeness (QED) is 0.729. The first-order valence-corrected chi connectivity index (χ1v) is 12.6. The van der Waals surface area contributed by atoms with Crippen LogP contribution >= 0.6 is 0 Å². The highest BCUT2D eigenvalue weighted by Crippen LogP contribution is 2.29. The largest absolute Gasteiger partial charge is 0.338 e. The first kappa shape index (κ1) is 20.5. The van der Waals surface area contributed by atoms with Crippen molar-refractivity contribution in [1.29, 1.82) is 0 Å². The molecule has 4 heteroatoms. The van der Waals surface area contributed by atoms with Crippen molar-refractivity contribution in [2.45, 2.75) is 83.3 Å². The van der Waals surface area contributed by atoms with Crippen LogP contribution in [-0.4, -0.2) is 59.4 Å². The van der Waals surface area contributed by atoms with Crippen LogP contribution < -0.4 is 0 Å². The second-order valence-corrected chi connectivity index (χ2v) is 10.2. The first-order chi connectivity index (χ1) is 14.8. The van der Waals surface area contributed by atoms with Crippen molar-refractivity contribution in [3.05, 3.63) is 34.9 Å². The second-order valence-electron chi connectivity index (χ2n) is 10.2. The van der Waals surface area contributed by atoms with Crippen molar-refractivity contribution in [2.24, 2.45) is 5.92 Å². The summed E-state index contributed by atoms with van der Waals surface area (Å²) in [6.45, 7) is 7.96. The zero-order chi connectivity index (χ0) is 20.3. The lowest BCUT2D eigenvalue weighted by atomic mass is 9.87. The van der Waals surface area contributed by atoms with E-state index in [1.807, 2.05) is 0 Å². The van der Waals surface area contributed by atoms with Gasteiger partial charge < -0.3 is 9.80 Å². The monoisotopic (exact) mass is 409 g/mol. The van der Waals surface area contributed by atoms with E-state index in [4.69, 9.17) is 0 Å². The number of fused-ring (bicyclic) bond motifs is 1. The molecule has 4 aliphatic rings. The minimum atomic E-state index is 0.294. The van der Waals surface area contributed by atoms with Gasteiger partial charge in [-0.3, -0.25) is 9.69 Å². The molecule has 1 amide bonds. The number of carbonyl (C=O) groups is 1. The molecule has 0 spiro atoms. The zero-order valence-corrected chi connectivity index (χ0v) is 18.7. The van der Waals surface area contributed by atoms with Crippen molar-refractivity contribution in [3.8, 4) is 0 Å². The summed E-state index contributed by atoms with van der Waals surface area (Å²) in [5.74, 6) is 0.716. The third-order valence-electron chi connectivity index (χ3n) is 8.10. The molecule has 3 aliphatic heterocycles. The maximum atomic E-state index is 13.0.